The highest BCUT2D eigenvalue weighted by molar-refractivity contribution is 7.21. The summed E-state index contributed by atoms with van der Waals surface area (Å²) < 4.78 is 0.709. The molecule has 0 bridgehead atoms. The summed E-state index contributed by atoms with van der Waals surface area (Å²) in [5.41, 5.74) is 2.97. The second kappa shape index (κ2) is 4.94. The number of carbonyl (C=O) groups excluding carboxylic acids is 1. The molecule has 0 aliphatic carbocycles. The van der Waals surface area contributed by atoms with Gasteiger partial charge >= 0.3 is 0 Å². The van der Waals surface area contributed by atoms with Crippen LogP contribution in [0.2, 0.25) is 4.34 Å². The van der Waals surface area contributed by atoms with E-state index >= 15 is 0 Å². The van der Waals surface area contributed by atoms with E-state index in [-0.39, 0.29) is 12.1 Å². The van der Waals surface area contributed by atoms with Crippen LogP contribution in [0.4, 0.5) is 5.69 Å². The zero-order valence-electron chi connectivity index (χ0n) is 11.9. The van der Waals surface area contributed by atoms with E-state index in [0.717, 1.165) is 32.0 Å². The van der Waals surface area contributed by atoms with E-state index in [9.17, 15) is 4.79 Å². The molecule has 3 aromatic heterocycles. The zero-order chi connectivity index (χ0) is 15.4. The van der Waals surface area contributed by atoms with Crippen molar-refractivity contribution in [2.75, 3.05) is 5.32 Å². The van der Waals surface area contributed by atoms with Crippen molar-refractivity contribution < 1.29 is 4.79 Å². The molecule has 4 rings (SSSR count). The average molecular weight is 350 g/mol. The third-order valence-electron chi connectivity index (χ3n) is 3.64. The van der Waals surface area contributed by atoms with Crippen LogP contribution < -0.4 is 10.6 Å². The molecule has 1 aliphatic heterocycles. The first kappa shape index (κ1) is 14.0. The van der Waals surface area contributed by atoms with E-state index in [4.69, 9.17) is 11.6 Å². The molecule has 1 amide bonds. The Hall–Kier alpha value is -1.63. The molecule has 1 unspecified atom stereocenters. The summed E-state index contributed by atoms with van der Waals surface area (Å²) in [6.45, 7) is 4.02. The number of hydrogen-bond acceptors (Lipinski definition) is 5. The first-order valence-corrected chi connectivity index (χ1v) is 8.77. The van der Waals surface area contributed by atoms with Gasteiger partial charge in [0, 0.05) is 16.0 Å². The third-order valence-corrected chi connectivity index (χ3v) is 6.01. The van der Waals surface area contributed by atoms with Crippen LogP contribution in [-0.2, 0) is 0 Å². The van der Waals surface area contributed by atoms with Gasteiger partial charge in [-0.15, -0.1) is 22.7 Å². The highest BCUT2D eigenvalue weighted by Crippen LogP contribution is 2.41. The molecule has 2 N–H and O–H groups in total. The van der Waals surface area contributed by atoms with Crippen LogP contribution in [0, 0.1) is 13.8 Å². The number of nitrogens with zero attached hydrogens (tertiary/aromatic N) is 1. The van der Waals surface area contributed by atoms with Gasteiger partial charge in [-0.05, 0) is 37.6 Å². The van der Waals surface area contributed by atoms with Crippen LogP contribution in [0.15, 0.2) is 18.2 Å². The predicted octanol–water partition coefficient (Wildman–Crippen LogP) is 4.48. The minimum atomic E-state index is -0.254. The van der Waals surface area contributed by atoms with Crippen LogP contribution in [0.5, 0.6) is 0 Å². The molecule has 22 heavy (non-hydrogen) atoms. The van der Waals surface area contributed by atoms with Crippen molar-refractivity contribution in [2.24, 2.45) is 0 Å². The molecule has 0 spiro atoms. The fourth-order valence-corrected chi connectivity index (χ4v) is 4.97. The zero-order valence-corrected chi connectivity index (χ0v) is 14.2. The summed E-state index contributed by atoms with van der Waals surface area (Å²) in [5.74, 6) is -0.0664. The lowest BCUT2D eigenvalue weighted by molar-refractivity contribution is 0.0941. The van der Waals surface area contributed by atoms with Gasteiger partial charge in [-0.2, -0.15) is 0 Å². The minimum absolute atomic E-state index is 0.0664. The topological polar surface area (TPSA) is 54.0 Å². The molecule has 4 heterocycles. The molecule has 0 aromatic carbocycles. The Morgan fingerprint density at radius 1 is 1.23 bits per heavy atom. The molecule has 0 saturated carbocycles. The van der Waals surface area contributed by atoms with E-state index in [1.807, 2.05) is 25.1 Å². The van der Waals surface area contributed by atoms with Crippen molar-refractivity contribution in [2.45, 2.75) is 20.0 Å². The van der Waals surface area contributed by atoms with Crippen LogP contribution in [0.3, 0.4) is 0 Å². The van der Waals surface area contributed by atoms with E-state index in [0.29, 0.717) is 9.21 Å². The lowest BCUT2D eigenvalue weighted by Crippen LogP contribution is -2.37. The van der Waals surface area contributed by atoms with Crippen molar-refractivity contribution in [1.82, 2.24) is 10.3 Å². The Morgan fingerprint density at radius 3 is 2.77 bits per heavy atom. The molecule has 112 valence electrons. The van der Waals surface area contributed by atoms with Crippen LogP contribution in [0.1, 0.15) is 32.0 Å². The molecule has 1 aliphatic rings. The summed E-state index contributed by atoms with van der Waals surface area (Å²) in [6.07, 6.45) is -0.254. The van der Waals surface area contributed by atoms with Gasteiger partial charge in [-0.25, -0.2) is 4.98 Å². The number of hydrogen-bond donors (Lipinski definition) is 2. The summed E-state index contributed by atoms with van der Waals surface area (Å²) >= 11 is 8.89. The fraction of sp³-hybridized carbons (Fsp3) is 0.200. The van der Waals surface area contributed by atoms with Gasteiger partial charge in [0.05, 0.1) is 10.0 Å². The van der Waals surface area contributed by atoms with E-state index in [2.05, 4.69) is 22.5 Å². The molecule has 0 fully saturated rings. The number of carbonyl (C=O) groups is 1. The number of aryl methyl sites for hydroxylation is 2. The molecule has 0 saturated heterocycles. The maximum Gasteiger partial charge on any atom is 0.265 e. The third kappa shape index (κ3) is 2.10. The number of halogens is 1. The van der Waals surface area contributed by atoms with Gasteiger partial charge in [0.25, 0.3) is 5.91 Å². The highest BCUT2D eigenvalue weighted by atomic mass is 35.5. The highest BCUT2D eigenvalue weighted by Gasteiger charge is 2.30. The monoisotopic (exact) mass is 349 g/mol. The van der Waals surface area contributed by atoms with Crippen LogP contribution >= 0.6 is 34.3 Å². The second-order valence-electron chi connectivity index (χ2n) is 5.26. The normalized spacial score (nSPS) is 17.2. The number of amides is 1. The Morgan fingerprint density at radius 2 is 2.05 bits per heavy atom. The molecule has 1 atom stereocenters. The minimum Gasteiger partial charge on any atom is -0.359 e. The molecule has 0 radical (unpaired) electrons. The lowest BCUT2D eigenvalue weighted by Gasteiger charge is -2.25. The van der Waals surface area contributed by atoms with E-state index in [1.54, 1.807) is 0 Å². The second-order valence-corrected chi connectivity index (χ2v) is 8.01. The number of pyridine rings is 1. The smallest absolute Gasteiger partial charge is 0.265 e. The van der Waals surface area contributed by atoms with Crippen molar-refractivity contribution in [3.05, 3.63) is 43.5 Å². The number of anilines is 1. The van der Waals surface area contributed by atoms with Crippen molar-refractivity contribution in [1.29, 1.82) is 0 Å². The van der Waals surface area contributed by atoms with Gasteiger partial charge in [-0.1, -0.05) is 11.6 Å². The summed E-state index contributed by atoms with van der Waals surface area (Å²) in [5, 5.41) is 7.45. The van der Waals surface area contributed by atoms with Crippen LogP contribution in [-0.4, -0.2) is 10.9 Å². The van der Waals surface area contributed by atoms with Crippen molar-refractivity contribution in [3.8, 4) is 0 Å². The Bertz CT molecular complexity index is 915. The Balaban J connectivity index is 1.87. The first-order chi connectivity index (χ1) is 10.5. The predicted molar refractivity (Wildman–Crippen MR) is 92.3 cm³/mol. The molecule has 7 heteroatoms. The molecular weight excluding hydrogens is 338 g/mol. The number of nitrogens with one attached hydrogen (secondary N) is 2. The van der Waals surface area contributed by atoms with E-state index < -0.39 is 0 Å². The number of rotatable bonds is 1. The lowest BCUT2D eigenvalue weighted by atomic mass is 10.1. The summed E-state index contributed by atoms with van der Waals surface area (Å²) in [4.78, 5) is 19.6. The van der Waals surface area contributed by atoms with Gasteiger partial charge in [-0.3, -0.25) is 4.79 Å². The largest absolute Gasteiger partial charge is 0.359 e. The number of thiophene rings is 2. The van der Waals surface area contributed by atoms with Crippen molar-refractivity contribution in [3.63, 3.8) is 0 Å². The Labute approximate surface area is 140 Å². The maximum absolute atomic E-state index is 12.4. The number of aromatic nitrogens is 1. The standard InChI is InChI=1S/C15H12ClN3OS2/c1-6-5-7(2)17-15-10(6)11-12(22-15)14(20)19-13(18-11)8-3-4-9(16)21-8/h3-5,13,18H,1-2H3,(H,19,20). The van der Waals surface area contributed by atoms with Crippen LogP contribution in [0.25, 0.3) is 10.2 Å². The van der Waals surface area contributed by atoms with Gasteiger partial charge in [0.1, 0.15) is 15.9 Å². The number of fused-ring (bicyclic) bond motifs is 3. The molecule has 3 aromatic rings. The quantitative estimate of drug-likeness (QED) is 0.681. The van der Waals surface area contributed by atoms with Gasteiger partial charge in [0.15, 0.2) is 0 Å². The summed E-state index contributed by atoms with van der Waals surface area (Å²) in [6, 6.07) is 5.81. The van der Waals surface area contributed by atoms with Crippen molar-refractivity contribution >= 4 is 56.1 Å². The maximum atomic E-state index is 12.4. The average Bonchev–Trinajstić information content (AvgIpc) is 3.02. The summed E-state index contributed by atoms with van der Waals surface area (Å²) in [7, 11) is 0. The Kier molecular flexibility index (Phi) is 3.14. The van der Waals surface area contributed by atoms with E-state index in [1.165, 1.54) is 22.7 Å². The molecular formula is C15H12ClN3OS2. The van der Waals surface area contributed by atoms with Gasteiger partial charge < -0.3 is 10.6 Å². The fourth-order valence-electron chi connectivity index (χ4n) is 2.74. The SMILES string of the molecule is Cc1cc(C)c2c3c(sc2n1)C(=O)NC(c1ccc(Cl)s1)N3. The first-order valence-electron chi connectivity index (χ1n) is 6.76. The van der Waals surface area contributed by atoms with Gasteiger partial charge in [0.2, 0.25) is 0 Å². The molecule has 4 nitrogen and oxygen atoms in total.